The summed E-state index contributed by atoms with van der Waals surface area (Å²) in [6, 6.07) is 10.5. The second kappa shape index (κ2) is 8.78. The molecule has 2 aliphatic heterocycles. The number of rotatable bonds is 7. The van der Waals surface area contributed by atoms with E-state index in [4.69, 9.17) is 0 Å². The van der Waals surface area contributed by atoms with Crippen molar-refractivity contribution in [1.82, 2.24) is 15.2 Å². The molecule has 9 nitrogen and oxygen atoms in total. The Balaban J connectivity index is 1.32. The third kappa shape index (κ3) is 4.05. The lowest BCUT2D eigenvalue weighted by atomic mass is 9.98. The lowest BCUT2D eigenvalue weighted by Crippen LogP contribution is -2.62. The van der Waals surface area contributed by atoms with E-state index in [-0.39, 0.29) is 36.6 Å². The number of hydrogen-bond acceptors (Lipinski definition) is 5. The van der Waals surface area contributed by atoms with Crippen LogP contribution in [0.1, 0.15) is 43.0 Å². The number of hydrogen-bond donors (Lipinski definition) is 2. The Labute approximate surface area is 185 Å². The van der Waals surface area contributed by atoms with Crippen LogP contribution in [-0.4, -0.2) is 52.3 Å². The van der Waals surface area contributed by atoms with Gasteiger partial charge in [0.25, 0.3) is 5.91 Å². The molecule has 4 rings (SSSR count). The molecule has 0 radical (unpaired) electrons. The molecule has 0 aliphatic carbocycles. The van der Waals surface area contributed by atoms with Crippen LogP contribution >= 0.6 is 0 Å². The summed E-state index contributed by atoms with van der Waals surface area (Å²) in [6.45, 7) is 2.08. The Bertz CT molecular complexity index is 1060. The zero-order valence-corrected chi connectivity index (χ0v) is 17.8. The first-order valence-corrected chi connectivity index (χ1v) is 10.6. The summed E-state index contributed by atoms with van der Waals surface area (Å²) >= 11 is 0. The highest BCUT2D eigenvalue weighted by atomic mass is 16.2. The van der Waals surface area contributed by atoms with Gasteiger partial charge in [-0.1, -0.05) is 12.1 Å². The molecule has 0 spiro atoms. The van der Waals surface area contributed by atoms with Crippen LogP contribution in [0.2, 0.25) is 0 Å². The van der Waals surface area contributed by atoms with Crippen LogP contribution in [0.3, 0.4) is 0 Å². The minimum atomic E-state index is -0.734. The van der Waals surface area contributed by atoms with E-state index >= 15 is 0 Å². The highest BCUT2D eigenvalue weighted by Crippen LogP contribution is 2.43. The number of fused-ring (bicyclic) bond motifs is 3. The molecular formula is C23H25N5O4. The van der Waals surface area contributed by atoms with Gasteiger partial charge in [-0.2, -0.15) is 0 Å². The van der Waals surface area contributed by atoms with Gasteiger partial charge in [0.15, 0.2) is 0 Å². The highest BCUT2D eigenvalue weighted by Gasteiger charge is 2.52. The number of anilines is 2. The monoisotopic (exact) mass is 435 g/mol. The van der Waals surface area contributed by atoms with E-state index in [1.165, 1.54) is 6.20 Å². The number of pyridine rings is 1. The second-order valence-electron chi connectivity index (χ2n) is 8.09. The van der Waals surface area contributed by atoms with Crippen molar-refractivity contribution in [3.8, 4) is 0 Å². The first-order valence-electron chi connectivity index (χ1n) is 10.6. The van der Waals surface area contributed by atoms with Crippen LogP contribution < -0.4 is 15.5 Å². The Morgan fingerprint density at radius 3 is 2.72 bits per heavy atom. The number of benzene rings is 1. The van der Waals surface area contributed by atoms with Gasteiger partial charge in [0.1, 0.15) is 5.66 Å². The molecule has 1 atom stereocenters. The minimum Gasteiger partial charge on any atom is -0.347 e. The summed E-state index contributed by atoms with van der Waals surface area (Å²) in [6.07, 6.45) is 4.63. The fourth-order valence-electron chi connectivity index (χ4n) is 4.35. The lowest BCUT2D eigenvalue weighted by molar-refractivity contribution is -0.124. The molecule has 1 fully saturated rings. The molecule has 1 unspecified atom stereocenters. The molecular weight excluding hydrogens is 410 g/mol. The Morgan fingerprint density at radius 1 is 1.12 bits per heavy atom. The average Bonchev–Trinajstić information content (AvgIpc) is 3.10. The number of carbonyl (C=O) groups excluding carboxylic acids is 4. The van der Waals surface area contributed by atoms with Crippen LogP contribution in [0.25, 0.3) is 0 Å². The van der Waals surface area contributed by atoms with Gasteiger partial charge in [-0.05, 0) is 44.0 Å². The van der Waals surface area contributed by atoms with Gasteiger partial charge in [0.05, 0.1) is 29.7 Å². The molecule has 1 aromatic carbocycles. The van der Waals surface area contributed by atoms with Crippen molar-refractivity contribution in [3.63, 3.8) is 0 Å². The zero-order chi connectivity index (χ0) is 22.7. The maximum Gasteiger partial charge on any atom is 0.257 e. The third-order valence-electron chi connectivity index (χ3n) is 5.92. The smallest absolute Gasteiger partial charge is 0.257 e. The second-order valence-corrected chi connectivity index (χ2v) is 8.09. The Kier molecular flexibility index (Phi) is 5.89. The summed E-state index contributed by atoms with van der Waals surface area (Å²) in [5, 5.41) is 5.24. The number of nitrogens with zero attached hydrogens (tertiary/aromatic N) is 3. The normalized spacial score (nSPS) is 19.4. The fraction of sp³-hybridized carbons (Fsp3) is 0.348. The van der Waals surface area contributed by atoms with E-state index in [0.29, 0.717) is 42.7 Å². The summed E-state index contributed by atoms with van der Waals surface area (Å²) in [7, 11) is 0. The maximum absolute atomic E-state index is 13.2. The van der Waals surface area contributed by atoms with E-state index in [1.807, 2.05) is 13.0 Å². The minimum absolute atomic E-state index is 0.00479. The number of amides is 4. The van der Waals surface area contributed by atoms with E-state index in [2.05, 4.69) is 15.6 Å². The number of para-hydroxylation sites is 1. The van der Waals surface area contributed by atoms with Gasteiger partial charge in [-0.3, -0.25) is 29.1 Å². The van der Waals surface area contributed by atoms with Crippen molar-refractivity contribution in [1.29, 1.82) is 0 Å². The maximum atomic E-state index is 13.2. The summed E-state index contributed by atoms with van der Waals surface area (Å²) in [4.78, 5) is 57.2. The van der Waals surface area contributed by atoms with Crippen molar-refractivity contribution in [2.45, 2.75) is 38.3 Å². The number of nitrogens with one attached hydrogen (secondary N) is 2. The van der Waals surface area contributed by atoms with Crippen LogP contribution in [0, 0.1) is 0 Å². The number of aromatic nitrogens is 1. The van der Waals surface area contributed by atoms with E-state index in [0.717, 1.165) is 0 Å². The molecule has 2 aliphatic rings. The molecule has 32 heavy (non-hydrogen) atoms. The van der Waals surface area contributed by atoms with Crippen molar-refractivity contribution in [3.05, 3.63) is 54.4 Å². The first kappa shape index (κ1) is 21.5. The third-order valence-corrected chi connectivity index (χ3v) is 5.92. The predicted octanol–water partition coefficient (Wildman–Crippen LogP) is 1.92. The lowest BCUT2D eigenvalue weighted by Gasteiger charge is -2.48. The molecule has 1 aromatic heterocycles. The topological polar surface area (TPSA) is 112 Å². The fourth-order valence-corrected chi connectivity index (χ4v) is 4.35. The van der Waals surface area contributed by atoms with Crippen LogP contribution in [-0.2, 0) is 14.4 Å². The standard InChI is InChI=1S/C23H25N5O4/c1-23-11-10-21(31)28(23)18-8-3-2-7-17(18)22(32)27(23)13-5-9-19(29)25-15-20(30)26-16-6-4-12-24-14-16/h2-4,6-8,12,14H,5,9-11,13,15H2,1H3,(H,25,29)(H,26,30). The van der Waals surface area contributed by atoms with Crippen molar-refractivity contribution >= 4 is 35.0 Å². The molecule has 1 saturated heterocycles. The van der Waals surface area contributed by atoms with E-state index < -0.39 is 5.66 Å². The van der Waals surface area contributed by atoms with Crippen LogP contribution in [0.5, 0.6) is 0 Å². The SMILES string of the molecule is CC12CCC(=O)N1c1ccccc1C(=O)N2CCCC(=O)NCC(=O)Nc1cccnc1. The summed E-state index contributed by atoms with van der Waals surface area (Å²) in [5.74, 6) is -0.761. The van der Waals surface area contributed by atoms with Gasteiger partial charge in [0, 0.05) is 25.6 Å². The molecule has 3 heterocycles. The summed E-state index contributed by atoms with van der Waals surface area (Å²) < 4.78 is 0. The number of carbonyl (C=O) groups is 4. The van der Waals surface area contributed by atoms with Crippen LogP contribution in [0.4, 0.5) is 11.4 Å². The zero-order valence-electron chi connectivity index (χ0n) is 17.8. The molecule has 4 amide bonds. The van der Waals surface area contributed by atoms with E-state index in [9.17, 15) is 19.2 Å². The van der Waals surface area contributed by atoms with E-state index in [1.54, 1.807) is 46.3 Å². The van der Waals surface area contributed by atoms with Crippen LogP contribution in [0.15, 0.2) is 48.8 Å². The van der Waals surface area contributed by atoms with Gasteiger partial charge in [-0.25, -0.2) is 0 Å². The quantitative estimate of drug-likeness (QED) is 0.690. The first-order chi connectivity index (χ1) is 15.4. The van der Waals surface area contributed by atoms with Gasteiger partial charge in [0.2, 0.25) is 17.7 Å². The largest absolute Gasteiger partial charge is 0.347 e. The Hall–Kier alpha value is -3.75. The molecule has 166 valence electrons. The average molecular weight is 435 g/mol. The predicted molar refractivity (Wildman–Crippen MR) is 118 cm³/mol. The molecule has 0 bridgehead atoms. The van der Waals surface area contributed by atoms with Crippen molar-refractivity contribution in [2.75, 3.05) is 23.3 Å². The molecule has 9 heteroatoms. The molecule has 2 aromatic rings. The van der Waals surface area contributed by atoms with Gasteiger partial charge < -0.3 is 15.5 Å². The summed E-state index contributed by atoms with van der Waals surface area (Å²) in [5.41, 5.74) is 0.968. The highest BCUT2D eigenvalue weighted by molar-refractivity contribution is 6.10. The molecule has 2 N–H and O–H groups in total. The van der Waals surface area contributed by atoms with Gasteiger partial charge >= 0.3 is 0 Å². The molecule has 0 saturated carbocycles. The van der Waals surface area contributed by atoms with Crippen molar-refractivity contribution in [2.24, 2.45) is 0 Å². The van der Waals surface area contributed by atoms with Crippen molar-refractivity contribution < 1.29 is 19.2 Å². The van der Waals surface area contributed by atoms with Gasteiger partial charge in [-0.15, -0.1) is 0 Å². The Morgan fingerprint density at radius 2 is 1.94 bits per heavy atom.